The van der Waals surface area contributed by atoms with Crippen molar-refractivity contribution < 1.29 is 9.90 Å². The molecule has 1 saturated heterocycles. The van der Waals surface area contributed by atoms with E-state index in [4.69, 9.17) is 0 Å². The zero-order valence-electron chi connectivity index (χ0n) is 12.7. The number of hydrogen-bond acceptors (Lipinski definition) is 4. The van der Waals surface area contributed by atoms with E-state index in [0.29, 0.717) is 19.0 Å². The van der Waals surface area contributed by atoms with Crippen molar-refractivity contribution in [3.63, 3.8) is 0 Å². The Kier molecular flexibility index (Phi) is 4.24. The van der Waals surface area contributed by atoms with Crippen molar-refractivity contribution in [3.05, 3.63) is 11.6 Å². The van der Waals surface area contributed by atoms with Gasteiger partial charge in [-0.3, -0.25) is 4.79 Å². The molecule has 2 unspecified atom stereocenters. The van der Waals surface area contributed by atoms with Gasteiger partial charge >= 0.3 is 5.97 Å². The van der Waals surface area contributed by atoms with Gasteiger partial charge in [0.05, 0.1) is 5.92 Å². The highest BCUT2D eigenvalue weighted by molar-refractivity contribution is 5.70. The number of carbonyl (C=O) groups is 1. The Bertz CT molecular complexity index is 514. The zero-order valence-corrected chi connectivity index (χ0v) is 12.7. The van der Waals surface area contributed by atoms with Gasteiger partial charge in [0.2, 0.25) is 0 Å². The van der Waals surface area contributed by atoms with Crippen LogP contribution < -0.4 is 0 Å². The number of fused-ring (bicyclic) bond motifs is 1. The molecule has 1 aromatic heterocycles. The summed E-state index contributed by atoms with van der Waals surface area (Å²) in [4.78, 5) is 13.7. The molecule has 0 bridgehead atoms. The first kappa shape index (κ1) is 14.5. The van der Waals surface area contributed by atoms with Crippen LogP contribution in [-0.4, -0.2) is 49.9 Å². The van der Waals surface area contributed by atoms with E-state index in [0.717, 1.165) is 31.0 Å². The second-order valence-corrected chi connectivity index (χ2v) is 6.20. The van der Waals surface area contributed by atoms with Crippen LogP contribution in [0.5, 0.6) is 0 Å². The lowest BCUT2D eigenvalue weighted by molar-refractivity contribution is -0.142. The summed E-state index contributed by atoms with van der Waals surface area (Å²) in [5, 5.41) is 17.8. The Labute approximate surface area is 125 Å². The molecule has 0 saturated carbocycles. The molecule has 0 aliphatic carbocycles. The molecular weight excluding hydrogens is 268 g/mol. The molecule has 1 fully saturated rings. The minimum absolute atomic E-state index is 0.291. The summed E-state index contributed by atoms with van der Waals surface area (Å²) in [6.45, 7) is 4.98. The Balaban J connectivity index is 1.75. The van der Waals surface area contributed by atoms with E-state index >= 15 is 0 Å². The van der Waals surface area contributed by atoms with E-state index in [-0.39, 0.29) is 5.92 Å². The number of carboxylic acids is 1. The van der Waals surface area contributed by atoms with Gasteiger partial charge in [0.25, 0.3) is 0 Å². The molecule has 0 radical (unpaired) electrons. The third kappa shape index (κ3) is 2.95. The van der Waals surface area contributed by atoms with Crippen molar-refractivity contribution in [1.82, 2.24) is 19.7 Å². The van der Waals surface area contributed by atoms with Crippen LogP contribution in [-0.2, 0) is 24.2 Å². The average Bonchev–Trinajstić information content (AvgIpc) is 2.90. The van der Waals surface area contributed by atoms with E-state index in [2.05, 4.69) is 26.6 Å². The highest BCUT2D eigenvalue weighted by Gasteiger charge is 2.29. The first-order valence-electron chi connectivity index (χ1n) is 8.06. The minimum Gasteiger partial charge on any atom is -0.481 e. The zero-order chi connectivity index (χ0) is 14.8. The van der Waals surface area contributed by atoms with Gasteiger partial charge in [-0.25, -0.2) is 0 Å². The van der Waals surface area contributed by atoms with Gasteiger partial charge in [-0.15, -0.1) is 10.2 Å². The monoisotopic (exact) mass is 292 g/mol. The van der Waals surface area contributed by atoms with Gasteiger partial charge in [-0.2, -0.15) is 0 Å². The summed E-state index contributed by atoms with van der Waals surface area (Å²) in [6.07, 6.45) is 6.07. The summed E-state index contributed by atoms with van der Waals surface area (Å²) in [5.41, 5.74) is 0. The number of rotatable bonds is 4. The molecular formula is C15H24N4O2. The molecule has 6 heteroatoms. The number of hydrogen-bond donors (Lipinski definition) is 1. The molecule has 21 heavy (non-hydrogen) atoms. The third-order valence-electron chi connectivity index (χ3n) is 4.95. The fourth-order valence-corrected chi connectivity index (χ4v) is 3.65. The molecule has 2 aliphatic heterocycles. The Morgan fingerprint density at radius 1 is 1.33 bits per heavy atom. The van der Waals surface area contributed by atoms with E-state index in [9.17, 15) is 9.90 Å². The molecule has 1 N–H and O–H groups in total. The quantitative estimate of drug-likeness (QED) is 0.907. The van der Waals surface area contributed by atoms with Crippen molar-refractivity contribution in [1.29, 1.82) is 0 Å². The molecule has 6 nitrogen and oxygen atoms in total. The summed E-state index contributed by atoms with van der Waals surface area (Å²) < 4.78 is 2.06. The number of nitrogens with zero attached hydrogens (tertiary/aromatic N) is 4. The molecule has 0 amide bonds. The summed E-state index contributed by atoms with van der Waals surface area (Å²) >= 11 is 0. The van der Waals surface area contributed by atoms with Crippen LogP contribution in [0.2, 0.25) is 0 Å². The molecule has 116 valence electrons. The fraction of sp³-hybridized carbons (Fsp3) is 0.800. The second kappa shape index (κ2) is 6.13. The van der Waals surface area contributed by atoms with Crippen molar-refractivity contribution in [2.24, 2.45) is 5.92 Å². The van der Waals surface area contributed by atoms with E-state index < -0.39 is 5.97 Å². The van der Waals surface area contributed by atoms with Crippen LogP contribution in [0.3, 0.4) is 0 Å². The smallest absolute Gasteiger partial charge is 0.308 e. The van der Waals surface area contributed by atoms with Crippen molar-refractivity contribution in [2.75, 3.05) is 13.1 Å². The highest BCUT2D eigenvalue weighted by Crippen LogP contribution is 2.24. The minimum atomic E-state index is -0.701. The average molecular weight is 292 g/mol. The number of carboxylic acid groups (broad SMARTS) is 1. The summed E-state index contributed by atoms with van der Waals surface area (Å²) in [5.74, 6) is 0.941. The van der Waals surface area contributed by atoms with Crippen LogP contribution in [0.25, 0.3) is 0 Å². The number of likely N-dealkylation sites (tertiary alicyclic amines) is 1. The molecule has 3 heterocycles. The van der Waals surface area contributed by atoms with Gasteiger partial charge < -0.3 is 14.6 Å². The molecule has 2 aliphatic rings. The van der Waals surface area contributed by atoms with Crippen LogP contribution in [0.4, 0.5) is 0 Å². The van der Waals surface area contributed by atoms with Crippen LogP contribution in [0.1, 0.15) is 44.3 Å². The SMILES string of the molecule is CCN1CCCCC1Cc1nnc2n1CC(C(=O)O)CC2. The molecule has 0 spiro atoms. The molecule has 0 aromatic carbocycles. The third-order valence-corrected chi connectivity index (χ3v) is 4.95. The predicted octanol–water partition coefficient (Wildman–Crippen LogP) is 1.34. The summed E-state index contributed by atoms with van der Waals surface area (Å²) in [6, 6.07) is 0.530. The Hall–Kier alpha value is -1.43. The van der Waals surface area contributed by atoms with Crippen LogP contribution >= 0.6 is 0 Å². The maximum absolute atomic E-state index is 11.2. The Morgan fingerprint density at radius 2 is 2.19 bits per heavy atom. The van der Waals surface area contributed by atoms with Crippen LogP contribution in [0, 0.1) is 5.92 Å². The Morgan fingerprint density at radius 3 is 2.95 bits per heavy atom. The second-order valence-electron chi connectivity index (χ2n) is 6.20. The van der Waals surface area contributed by atoms with Gasteiger partial charge in [0, 0.05) is 25.4 Å². The van der Waals surface area contributed by atoms with Gasteiger partial charge in [-0.1, -0.05) is 13.3 Å². The first-order valence-corrected chi connectivity index (χ1v) is 8.06. The largest absolute Gasteiger partial charge is 0.481 e. The number of aryl methyl sites for hydroxylation is 1. The van der Waals surface area contributed by atoms with Crippen molar-refractivity contribution in [2.45, 2.75) is 58.0 Å². The van der Waals surface area contributed by atoms with E-state index in [1.807, 2.05) is 0 Å². The first-order chi connectivity index (χ1) is 10.2. The molecule has 3 rings (SSSR count). The topological polar surface area (TPSA) is 71.2 Å². The van der Waals surface area contributed by atoms with Gasteiger partial charge in [0.15, 0.2) is 0 Å². The van der Waals surface area contributed by atoms with Gasteiger partial charge in [0.1, 0.15) is 11.6 Å². The standard InChI is InChI=1S/C15H24N4O2/c1-2-18-8-4-3-5-12(18)9-14-17-16-13-7-6-11(15(20)21)10-19(13)14/h11-12H,2-10H2,1H3,(H,20,21). The van der Waals surface area contributed by atoms with Gasteiger partial charge in [-0.05, 0) is 32.4 Å². The van der Waals surface area contributed by atoms with E-state index in [1.54, 1.807) is 0 Å². The maximum Gasteiger partial charge on any atom is 0.308 e. The van der Waals surface area contributed by atoms with Crippen molar-refractivity contribution in [3.8, 4) is 0 Å². The fourth-order valence-electron chi connectivity index (χ4n) is 3.65. The highest BCUT2D eigenvalue weighted by atomic mass is 16.4. The lowest BCUT2D eigenvalue weighted by atomic mass is 9.97. The lowest BCUT2D eigenvalue weighted by Gasteiger charge is -2.34. The molecule has 2 atom stereocenters. The summed E-state index contributed by atoms with van der Waals surface area (Å²) in [7, 11) is 0. The normalized spacial score (nSPS) is 26.5. The lowest BCUT2D eigenvalue weighted by Crippen LogP contribution is -2.41. The van der Waals surface area contributed by atoms with E-state index in [1.165, 1.54) is 25.8 Å². The molecule has 1 aromatic rings. The maximum atomic E-state index is 11.2. The number of piperidine rings is 1. The number of likely N-dealkylation sites (N-methyl/N-ethyl adjacent to an activating group) is 1. The van der Waals surface area contributed by atoms with Crippen molar-refractivity contribution >= 4 is 5.97 Å². The number of aromatic nitrogens is 3. The van der Waals surface area contributed by atoms with Crippen LogP contribution in [0.15, 0.2) is 0 Å². The predicted molar refractivity (Wildman–Crippen MR) is 78.1 cm³/mol. The number of aliphatic carboxylic acids is 1.